The predicted octanol–water partition coefficient (Wildman–Crippen LogP) is 5.32. The highest BCUT2D eigenvalue weighted by Gasteiger charge is 2.56. The lowest BCUT2D eigenvalue weighted by Gasteiger charge is -2.31. The molecule has 0 unspecified atom stereocenters. The van der Waals surface area contributed by atoms with Crippen molar-refractivity contribution < 1.29 is 26.4 Å². The molecule has 0 bridgehead atoms. The first-order valence-electron chi connectivity index (χ1n) is 11.3. The highest BCUT2D eigenvalue weighted by Crippen LogP contribution is 2.50. The van der Waals surface area contributed by atoms with E-state index in [0.29, 0.717) is 15.6 Å². The summed E-state index contributed by atoms with van der Waals surface area (Å²) in [6, 6.07) is 28.4. The molecule has 1 aliphatic rings. The molecule has 0 aliphatic carbocycles. The third kappa shape index (κ3) is 4.31. The molecule has 1 atom stereocenters. The van der Waals surface area contributed by atoms with E-state index in [4.69, 9.17) is 4.74 Å². The van der Waals surface area contributed by atoms with Crippen molar-refractivity contribution in [3.8, 4) is 5.75 Å². The normalized spacial score (nSPS) is 17.4. The minimum Gasteiger partial charge on any atom is -0.425 e. The van der Waals surface area contributed by atoms with Crippen LogP contribution in [0.5, 0.6) is 5.75 Å². The first-order valence-corrected chi connectivity index (χ1v) is 15.2. The van der Waals surface area contributed by atoms with Crippen LogP contribution in [0.25, 0.3) is 0 Å². The van der Waals surface area contributed by atoms with Gasteiger partial charge in [0.1, 0.15) is 11.2 Å². The Balaban J connectivity index is 1.80. The van der Waals surface area contributed by atoms with E-state index in [0.717, 1.165) is 0 Å². The van der Waals surface area contributed by atoms with Crippen LogP contribution in [0.4, 0.5) is 0 Å². The Morgan fingerprint density at radius 2 is 1.19 bits per heavy atom. The van der Waals surface area contributed by atoms with Gasteiger partial charge in [0.2, 0.25) is 0 Å². The Labute approximate surface area is 223 Å². The van der Waals surface area contributed by atoms with Gasteiger partial charge in [-0.05, 0) is 48.0 Å². The van der Waals surface area contributed by atoms with Gasteiger partial charge >= 0.3 is 5.97 Å². The van der Waals surface area contributed by atoms with Gasteiger partial charge in [0.25, 0.3) is 0 Å². The van der Waals surface area contributed by atoms with E-state index in [2.05, 4.69) is 15.9 Å². The molecule has 0 radical (unpaired) electrons. The molecule has 0 saturated carbocycles. The number of carbonyl (C=O) groups is 1. The molecule has 6 nitrogen and oxygen atoms in total. The quantitative estimate of drug-likeness (QED) is 0.212. The first kappa shape index (κ1) is 25.4. The Morgan fingerprint density at radius 3 is 1.70 bits per heavy atom. The average Bonchev–Trinajstić information content (AvgIpc) is 3.19. The van der Waals surface area contributed by atoms with Gasteiger partial charge < -0.3 is 4.74 Å². The van der Waals surface area contributed by atoms with Gasteiger partial charge in [-0.1, -0.05) is 82.7 Å². The Bertz CT molecular complexity index is 1600. The highest BCUT2D eigenvalue weighted by atomic mass is 79.9. The van der Waals surface area contributed by atoms with Gasteiger partial charge in [-0.15, -0.1) is 0 Å². The number of hydrogen-bond donors (Lipinski definition) is 0. The molecule has 0 N–H and O–H groups in total. The second-order valence-corrected chi connectivity index (χ2v) is 14.1. The number of rotatable bonds is 7. The fraction of sp³-hybridized carbons (Fsp3) is 0.107. The third-order valence-corrected chi connectivity index (χ3v) is 12.1. The molecular weight excluding hydrogens is 576 g/mol. The molecule has 1 aliphatic heterocycles. The van der Waals surface area contributed by atoms with Gasteiger partial charge in [-0.2, -0.15) is 0 Å². The maximum Gasteiger partial charge on any atom is 0.326 e. The summed E-state index contributed by atoms with van der Waals surface area (Å²) in [5, 5.41) is 0. The number of ether oxygens (including phenoxy) is 1. The van der Waals surface area contributed by atoms with E-state index in [1.807, 2.05) is 0 Å². The summed E-state index contributed by atoms with van der Waals surface area (Å²) in [5.41, 5.74) is -0.850. The molecule has 0 spiro atoms. The molecule has 0 aromatic heterocycles. The maximum absolute atomic E-state index is 14.1. The van der Waals surface area contributed by atoms with Crippen LogP contribution >= 0.6 is 15.9 Å². The van der Waals surface area contributed by atoms with Crippen LogP contribution in [0.1, 0.15) is 17.5 Å². The number of esters is 1. The summed E-state index contributed by atoms with van der Waals surface area (Å²) in [6.45, 7) is 0. The number of sulfone groups is 2. The highest BCUT2D eigenvalue weighted by molar-refractivity contribution is 9.10. The molecule has 0 amide bonds. The lowest BCUT2D eigenvalue weighted by atomic mass is 9.73. The van der Waals surface area contributed by atoms with Crippen LogP contribution in [0.3, 0.4) is 0 Å². The summed E-state index contributed by atoms with van der Waals surface area (Å²) in [7, 11) is -8.97. The van der Waals surface area contributed by atoms with E-state index in [1.165, 1.54) is 48.5 Å². The summed E-state index contributed by atoms with van der Waals surface area (Å²) < 4.78 is 60.5. The van der Waals surface area contributed by atoms with Gasteiger partial charge in [0.05, 0.1) is 9.79 Å². The molecule has 0 saturated heterocycles. The number of benzene rings is 4. The van der Waals surface area contributed by atoms with Gasteiger partial charge in [0.15, 0.2) is 24.3 Å². The Hall–Kier alpha value is -3.27. The second-order valence-electron chi connectivity index (χ2n) is 8.65. The minimum atomic E-state index is -4.48. The fourth-order valence-corrected chi connectivity index (χ4v) is 9.67. The van der Waals surface area contributed by atoms with Crippen LogP contribution in [0.15, 0.2) is 123 Å². The summed E-state index contributed by atoms with van der Waals surface area (Å²) in [6.07, 6.45) is -0.576. The van der Waals surface area contributed by atoms with Crippen molar-refractivity contribution in [2.24, 2.45) is 0 Å². The molecule has 1 heterocycles. The molecule has 0 fully saturated rings. The van der Waals surface area contributed by atoms with Crippen LogP contribution in [0, 0.1) is 0 Å². The van der Waals surface area contributed by atoms with Crippen LogP contribution in [-0.2, 0) is 29.9 Å². The first-order chi connectivity index (χ1) is 17.7. The number of carbonyl (C=O) groups excluding carboxylic acids is 1. The van der Waals surface area contributed by atoms with Gasteiger partial charge in [0, 0.05) is 16.5 Å². The van der Waals surface area contributed by atoms with Crippen molar-refractivity contribution in [3.05, 3.63) is 125 Å². The number of halogens is 1. The number of hydrogen-bond acceptors (Lipinski definition) is 6. The SMILES string of the molecule is O=C1Oc2ccc(Br)cc2[C@@]1(CC(S(=O)(=O)c1ccccc1)S(=O)(=O)c1ccccc1)c1ccccc1. The van der Waals surface area contributed by atoms with E-state index in [9.17, 15) is 21.6 Å². The van der Waals surface area contributed by atoms with Gasteiger partial charge in [-0.25, -0.2) is 16.8 Å². The molecule has 4 aromatic rings. The van der Waals surface area contributed by atoms with Crippen LogP contribution in [0.2, 0.25) is 0 Å². The van der Waals surface area contributed by atoms with Crippen molar-refractivity contribution in [1.29, 1.82) is 0 Å². The molecule has 37 heavy (non-hydrogen) atoms. The Kier molecular flexibility index (Phi) is 6.55. The zero-order valence-electron chi connectivity index (χ0n) is 19.3. The summed E-state index contributed by atoms with van der Waals surface area (Å²) in [4.78, 5) is 13.4. The molecule has 9 heteroatoms. The standard InChI is InChI=1S/C28H21BrO6S2/c29-21-16-17-25-24(18-21)28(27(30)35-25,20-10-4-1-5-11-20)19-26(36(31,32)22-12-6-2-7-13-22)37(33,34)23-14-8-3-9-15-23/h1-18,26H,19H2/t28-/m1/s1. The van der Waals surface area contributed by atoms with E-state index < -0.39 is 42.1 Å². The van der Waals surface area contributed by atoms with E-state index in [1.54, 1.807) is 60.7 Å². The minimum absolute atomic E-state index is 0.149. The molecule has 188 valence electrons. The van der Waals surface area contributed by atoms with Crippen LogP contribution in [-0.4, -0.2) is 27.4 Å². The van der Waals surface area contributed by atoms with Crippen LogP contribution < -0.4 is 4.74 Å². The van der Waals surface area contributed by atoms with Crippen molar-refractivity contribution >= 4 is 41.6 Å². The van der Waals surface area contributed by atoms with Crippen molar-refractivity contribution in [2.75, 3.05) is 0 Å². The van der Waals surface area contributed by atoms with Gasteiger partial charge in [-0.3, -0.25) is 4.79 Å². The Morgan fingerprint density at radius 1 is 0.703 bits per heavy atom. The molecule has 5 rings (SSSR count). The summed E-state index contributed by atoms with van der Waals surface area (Å²) >= 11 is 3.42. The number of fused-ring (bicyclic) bond motifs is 1. The third-order valence-electron chi connectivity index (χ3n) is 6.53. The van der Waals surface area contributed by atoms with Crippen molar-refractivity contribution in [1.82, 2.24) is 0 Å². The lowest BCUT2D eigenvalue weighted by molar-refractivity contribution is -0.137. The lowest BCUT2D eigenvalue weighted by Crippen LogP contribution is -2.43. The predicted molar refractivity (Wildman–Crippen MR) is 143 cm³/mol. The maximum atomic E-state index is 14.1. The smallest absolute Gasteiger partial charge is 0.326 e. The topological polar surface area (TPSA) is 94.6 Å². The second kappa shape index (κ2) is 9.55. The van der Waals surface area contributed by atoms with E-state index in [-0.39, 0.29) is 15.5 Å². The van der Waals surface area contributed by atoms with Crippen molar-refractivity contribution in [2.45, 2.75) is 26.2 Å². The summed E-state index contributed by atoms with van der Waals surface area (Å²) in [5.74, 6) is -0.478. The fourth-order valence-electron chi connectivity index (χ4n) is 4.69. The largest absolute Gasteiger partial charge is 0.425 e. The zero-order chi connectivity index (χ0) is 26.3. The van der Waals surface area contributed by atoms with Crippen molar-refractivity contribution in [3.63, 3.8) is 0 Å². The zero-order valence-corrected chi connectivity index (χ0v) is 22.5. The molecular formula is C28H21BrO6S2. The monoisotopic (exact) mass is 596 g/mol. The molecule has 4 aromatic carbocycles. The van der Waals surface area contributed by atoms with E-state index >= 15 is 0 Å². The average molecular weight is 598 g/mol.